The molecule has 0 saturated heterocycles. The van der Waals surface area contributed by atoms with Gasteiger partial charge in [0.2, 0.25) is 0 Å². The fourth-order valence-electron chi connectivity index (χ4n) is 2.22. The number of esters is 1. The Morgan fingerprint density at radius 2 is 2.29 bits per heavy atom. The molecule has 0 fully saturated rings. The molecular formula is C17H18O4. The minimum atomic E-state index is -0.367. The van der Waals surface area contributed by atoms with Gasteiger partial charge < -0.3 is 9.47 Å². The van der Waals surface area contributed by atoms with Crippen LogP contribution >= 0.6 is 0 Å². The van der Waals surface area contributed by atoms with Crippen LogP contribution in [-0.4, -0.2) is 18.4 Å². The molecule has 1 aliphatic rings. The molecule has 0 N–H and O–H groups in total. The molecule has 2 unspecified atom stereocenters. The van der Waals surface area contributed by atoms with Crippen molar-refractivity contribution in [2.45, 2.75) is 32.5 Å². The Labute approximate surface area is 124 Å². The molecule has 0 saturated carbocycles. The number of ether oxygens (including phenoxy) is 2. The van der Waals surface area contributed by atoms with Gasteiger partial charge in [0, 0.05) is 18.1 Å². The monoisotopic (exact) mass is 286 g/mol. The Balaban J connectivity index is 2.11. The summed E-state index contributed by atoms with van der Waals surface area (Å²) in [5, 5.41) is 0. The van der Waals surface area contributed by atoms with E-state index in [1.807, 2.05) is 25.1 Å². The summed E-state index contributed by atoms with van der Waals surface area (Å²) in [4.78, 5) is 22.2. The SMILES string of the molecule is C=C(C=O)C1Cc2cc(C(C)OC(=O)C=CC)ccc2O1. The second-order valence-corrected chi connectivity index (χ2v) is 4.95. The molecule has 21 heavy (non-hydrogen) atoms. The van der Waals surface area contributed by atoms with Crippen molar-refractivity contribution >= 4 is 12.3 Å². The van der Waals surface area contributed by atoms with E-state index in [1.165, 1.54) is 6.08 Å². The van der Waals surface area contributed by atoms with Crippen LogP contribution in [0.1, 0.15) is 31.1 Å². The molecule has 4 nitrogen and oxygen atoms in total. The molecule has 110 valence electrons. The molecule has 0 aromatic heterocycles. The van der Waals surface area contributed by atoms with Crippen molar-refractivity contribution in [3.05, 3.63) is 53.6 Å². The molecule has 2 rings (SSSR count). The van der Waals surface area contributed by atoms with Gasteiger partial charge in [-0.3, -0.25) is 4.79 Å². The zero-order chi connectivity index (χ0) is 15.4. The van der Waals surface area contributed by atoms with Gasteiger partial charge in [-0.05, 0) is 37.1 Å². The minimum Gasteiger partial charge on any atom is -0.485 e. The number of hydrogen-bond acceptors (Lipinski definition) is 4. The van der Waals surface area contributed by atoms with Crippen molar-refractivity contribution < 1.29 is 19.1 Å². The first kappa shape index (κ1) is 15.0. The quantitative estimate of drug-likeness (QED) is 0.474. The van der Waals surface area contributed by atoms with Crippen LogP contribution in [0.3, 0.4) is 0 Å². The number of benzene rings is 1. The highest BCUT2D eigenvalue weighted by Gasteiger charge is 2.26. The standard InChI is InChI=1S/C17H18O4/c1-4-5-17(19)20-12(3)13-6-7-15-14(8-13)9-16(21-15)11(2)10-18/h4-8,10,12,16H,2,9H2,1,3H3. The van der Waals surface area contributed by atoms with Crippen LogP contribution in [0.2, 0.25) is 0 Å². The summed E-state index contributed by atoms with van der Waals surface area (Å²) in [6.45, 7) is 7.27. The van der Waals surface area contributed by atoms with Crippen molar-refractivity contribution in [1.82, 2.24) is 0 Å². The molecule has 0 aliphatic carbocycles. The lowest BCUT2D eigenvalue weighted by molar-refractivity contribution is -0.142. The van der Waals surface area contributed by atoms with Crippen LogP contribution in [0, 0.1) is 0 Å². The van der Waals surface area contributed by atoms with Gasteiger partial charge in [-0.15, -0.1) is 0 Å². The number of hydrogen-bond donors (Lipinski definition) is 0. The lowest BCUT2D eigenvalue weighted by atomic mass is 10.0. The van der Waals surface area contributed by atoms with Crippen LogP contribution in [-0.2, 0) is 20.7 Å². The van der Waals surface area contributed by atoms with E-state index in [2.05, 4.69) is 6.58 Å². The highest BCUT2D eigenvalue weighted by Crippen LogP contribution is 2.33. The zero-order valence-corrected chi connectivity index (χ0v) is 12.2. The van der Waals surface area contributed by atoms with Gasteiger partial charge in [-0.25, -0.2) is 4.79 Å². The average molecular weight is 286 g/mol. The summed E-state index contributed by atoms with van der Waals surface area (Å²) in [7, 11) is 0. The lowest BCUT2D eigenvalue weighted by Gasteiger charge is -2.13. The number of rotatable bonds is 5. The fourth-order valence-corrected chi connectivity index (χ4v) is 2.22. The Morgan fingerprint density at radius 1 is 1.52 bits per heavy atom. The highest BCUT2D eigenvalue weighted by molar-refractivity contribution is 5.82. The van der Waals surface area contributed by atoms with Gasteiger partial charge in [0.25, 0.3) is 0 Å². The van der Waals surface area contributed by atoms with Gasteiger partial charge in [0.1, 0.15) is 24.2 Å². The zero-order valence-electron chi connectivity index (χ0n) is 12.2. The Morgan fingerprint density at radius 3 is 2.95 bits per heavy atom. The van der Waals surface area contributed by atoms with Crippen LogP contribution in [0.25, 0.3) is 0 Å². The molecule has 1 aromatic rings. The van der Waals surface area contributed by atoms with E-state index in [0.29, 0.717) is 12.0 Å². The molecular weight excluding hydrogens is 268 g/mol. The predicted molar refractivity (Wildman–Crippen MR) is 79.1 cm³/mol. The van der Waals surface area contributed by atoms with Crippen LogP contribution < -0.4 is 4.74 Å². The van der Waals surface area contributed by atoms with Crippen molar-refractivity contribution in [3.63, 3.8) is 0 Å². The van der Waals surface area contributed by atoms with Crippen molar-refractivity contribution in [3.8, 4) is 5.75 Å². The van der Waals surface area contributed by atoms with Crippen LogP contribution in [0.5, 0.6) is 5.75 Å². The van der Waals surface area contributed by atoms with E-state index in [-0.39, 0.29) is 18.2 Å². The third-order valence-corrected chi connectivity index (χ3v) is 3.39. The fraction of sp³-hybridized carbons (Fsp3) is 0.294. The maximum absolute atomic E-state index is 11.5. The average Bonchev–Trinajstić information content (AvgIpc) is 2.89. The highest BCUT2D eigenvalue weighted by atomic mass is 16.5. The largest absolute Gasteiger partial charge is 0.485 e. The third-order valence-electron chi connectivity index (χ3n) is 3.39. The van der Waals surface area contributed by atoms with E-state index < -0.39 is 0 Å². The van der Waals surface area contributed by atoms with Crippen LogP contribution in [0.15, 0.2) is 42.5 Å². The first-order valence-corrected chi connectivity index (χ1v) is 6.82. The predicted octanol–water partition coefficient (Wildman–Crippen LogP) is 2.93. The maximum Gasteiger partial charge on any atom is 0.331 e. The number of allylic oxidation sites excluding steroid dienone is 1. The number of fused-ring (bicyclic) bond motifs is 1. The van der Waals surface area contributed by atoms with Crippen molar-refractivity contribution in [1.29, 1.82) is 0 Å². The van der Waals surface area contributed by atoms with E-state index in [9.17, 15) is 9.59 Å². The first-order valence-electron chi connectivity index (χ1n) is 6.82. The van der Waals surface area contributed by atoms with Gasteiger partial charge in [-0.2, -0.15) is 0 Å². The van der Waals surface area contributed by atoms with Gasteiger partial charge in [0.15, 0.2) is 0 Å². The third kappa shape index (κ3) is 3.40. The molecule has 0 amide bonds. The van der Waals surface area contributed by atoms with Crippen molar-refractivity contribution in [2.75, 3.05) is 0 Å². The molecule has 1 heterocycles. The smallest absolute Gasteiger partial charge is 0.331 e. The van der Waals surface area contributed by atoms with E-state index >= 15 is 0 Å². The summed E-state index contributed by atoms with van der Waals surface area (Å²) in [6, 6.07) is 5.64. The topological polar surface area (TPSA) is 52.6 Å². The van der Waals surface area contributed by atoms with Gasteiger partial charge in [0.05, 0.1) is 0 Å². The van der Waals surface area contributed by atoms with E-state index in [4.69, 9.17) is 9.47 Å². The molecule has 1 aromatic carbocycles. The lowest BCUT2D eigenvalue weighted by Crippen LogP contribution is -2.16. The number of carbonyl (C=O) groups excluding carboxylic acids is 2. The normalized spacial score (nSPS) is 17.9. The summed E-state index contributed by atoms with van der Waals surface area (Å²) in [5.74, 6) is 0.382. The second kappa shape index (κ2) is 6.39. The molecule has 0 spiro atoms. The molecule has 2 atom stereocenters. The summed E-state index contributed by atoms with van der Waals surface area (Å²) in [6.07, 6.45) is 3.72. The molecule has 0 radical (unpaired) electrons. The summed E-state index contributed by atoms with van der Waals surface area (Å²) < 4.78 is 11.0. The number of aldehydes is 1. The Hall–Kier alpha value is -2.36. The van der Waals surface area contributed by atoms with E-state index in [0.717, 1.165) is 23.2 Å². The molecule has 0 bridgehead atoms. The number of carbonyl (C=O) groups is 2. The second-order valence-electron chi connectivity index (χ2n) is 4.95. The summed E-state index contributed by atoms with van der Waals surface area (Å²) in [5.41, 5.74) is 2.32. The summed E-state index contributed by atoms with van der Waals surface area (Å²) >= 11 is 0. The molecule has 4 heteroatoms. The maximum atomic E-state index is 11.5. The molecule has 1 aliphatic heterocycles. The van der Waals surface area contributed by atoms with Gasteiger partial charge in [-0.1, -0.05) is 18.7 Å². The Kier molecular flexibility index (Phi) is 4.58. The van der Waals surface area contributed by atoms with Crippen molar-refractivity contribution in [2.24, 2.45) is 0 Å². The first-order chi connectivity index (χ1) is 10.0. The van der Waals surface area contributed by atoms with Crippen LogP contribution in [0.4, 0.5) is 0 Å². The minimum absolute atomic E-state index is 0.298. The van der Waals surface area contributed by atoms with Gasteiger partial charge >= 0.3 is 5.97 Å². The Bertz CT molecular complexity index is 601. The van der Waals surface area contributed by atoms with E-state index in [1.54, 1.807) is 13.0 Å².